The van der Waals surface area contributed by atoms with Crippen LogP contribution in [0.3, 0.4) is 0 Å². The number of benzene rings is 2. The van der Waals surface area contributed by atoms with Crippen LogP contribution in [0, 0.1) is 0 Å². The molecule has 0 atom stereocenters. The van der Waals surface area contributed by atoms with Crippen molar-refractivity contribution in [1.29, 1.82) is 0 Å². The van der Waals surface area contributed by atoms with Crippen molar-refractivity contribution in [3.05, 3.63) is 59.7 Å². The number of hydrogen-bond acceptors (Lipinski definition) is 4. The minimum Gasteiger partial charge on any atom is -0.319 e. The van der Waals surface area contributed by atoms with Gasteiger partial charge in [0.25, 0.3) is 5.91 Å². The fourth-order valence-electron chi connectivity index (χ4n) is 2.78. The zero-order valence-corrected chi connectivity index (χ0v) is 16.7. The van der Waals surface area contributed by atoms with Crippen LogP contribution in [0.1, 0.15) is 37.8 Å². The Morgan fingerprint density at radius 1 is 1.22 bits per heavy atom. The van der Waals surface area contributed by atoms with E-state index in [0.717, 1.165) is 28.3 Å². The standard InChI is InChI=1S/C21H24N4OS/c1-4-25-19-8-6-5-7-18(19)23-21(25)27-14-20(26)24-22-13-16-9-11-17(12-10-16)15(2)3/h5-13,15H,4,14H2,1-3H3,(H,24,26)/b22-13+. The normalized spacial score (nSPS) is 11.6. The molecule has 1 amide bonds. The second kappa shape index (κ2) is 8.86. The molecule has 27 heavy (non-hydrogen) atoms. The number of amides is 1. The van der Waals surface area contributed by atoms with Crippen LogP contribution in [0.4, 0.5) is 0 Å². The predicted octanol–water partition coefficient (Wildman–Crippen LogP) is 4.42. The van der Waals surface area contributed by atoms with E-state index in [0.29, 0.717) is 5.92 Å². The minimum atomic E-state index is -0.148. The van der Waals surface area contributed by atoms with Crippen LogP contribution in [0.15, 0.2) is 58.8 Å². The number of aromatic nitrogens is 2. The lowest BCUT2D eigenvalue weighted by Crippen LogP contribution is -2.20. The molecule has 1 heterocycles. The Balaban J connectivity index is 1.55. The molecule has 6 heteroatoms. The van der Waals surface area contributed by atoms with Crippen molar-refractivity contribution < 1.29 is 4.79 Å². The monoisotopic (exact) mass is 380 g/mol. The molecule has 0 saturated heterocycles. The number of rotatable bonds is 7. The van der Waals surface area contributed by atoms with Gasteiger partial charge in [0.2, 0.25) is 0 Å². The van der Waals surface area contributed by atoms with Gasteiger partial charge in [-0.1, -0.05) is 62.0 Å². The SMILES string of the molecule is CCn1c(SCC(=O)N/N=C/c2ccc(C(C)C)cc2)nc2ccccc21. The van der Waals surface area contributed by atoms with E-state index < -0.39 is 0 Å². The fourth-order valence-corrected chi connectivity index (χ4v) is 3.65. The van der Waals surface area contributed by atoms with Crippen molar-refractivity contribution in [3.63, 3.8) is 0 Å². The van der Waals surface area contributed by atoms with E-state index in [2.05, 4.69) is 53.0 Å². The summed E-state index contributed by atoms with van der Waals surface area (Å²) in [5.41, 5.74) is 6.86. The van der Waals surface area contributed by atoms with Crippen molar-refractivity contribution in [3.8, 4) is 0 Å². The van der Waals surface area contributed by atoms with Crippen LogP contribution in [-0.2, 0) is 11.3 Å². The number of imidazole rings is 1. The number of aryl methyl sites for hydroxylation is 1. The number of hydrogen-bond donors (Lipinski definition) is 1. The van der Waals surface area contributed by atoms with Gasteiger partial charge < -0.3 is 4.57 Å². The summed E-state index contributed by atoms with van der Waals surface area (Å²) in [4.78, 5) is 16.7. The number of nitrogens with one attached hydrogen (secondary N) is 1. The van der Waals surface area contributed by atoms with Gasteiger partial charge in [-0.2, -0.15) is 5.10 Å². The Morgan fingerprint density at radius 3 is 2.67 bits per heavy atom. The van der Waals surface area contributed by atoms with Crippen molar-refractivity contribution in [2.45, 2.75) is 38.4 Å². The largest absolute Gasteiger partial charge is 0.319 e. The highest BCUT2D eigenvalue weighted by molar-refractivity contribution is 7.99. The second-order valence-electron chi connectivity index (χ2n) is 6.53. The third-order valence-electron chi connectivity index (χ3n) is 4.27. The summed E-state index contributed by atoms with van der Waals surface area (Å²) in [5, 5.41) is 4.90. The predicted molar refractivity (Wildman–Crippen MR) is 112 cm³/mol. The molecule has 0 bridgehead atoms. The third kappa shape index (κ3) is 4.77. The summed E-state index contributed by atoms with van der Waals surface area (Å²) < 4.78 is 2.12. The molecule has 2 aromatic carbocycles. The lowest BCUT2D eigenvalue weighted by Gasteiger charge is -2.05. The van der Waals surface area contributed by atoms with Crippen molar-refractivity contribution >= 4 is 34.9 Å². The highest BCUT2D eigenvalue weighted by Gasteiger charge is 2.11. The van der Waals surface area contributed by atoms with Crippen LogP contribution in [0.2, 0.25) is 0 Å². The fraction of sp³-hybridized carbons (Fsp3) is 0.286. The van der Waals surface area contributed by atoms with Gasteiger partial charge in [0.15, 0.2) is 5.16 Å². The summed E-state index contributed by atoms with van der Waals surface area (Å²) in [6, 6.07) is 16.2. The van der Waals surface area contributed by atoms with Crippen LogP contribution in [0.5, 0.6) is 0 Å². The van der Waals surface area contributed by atoms with Gasteiger partial charge in [-0.25, -0.2) is 10.4 Å². The van der Waals surface area contributed by atoms with Crippen LogP contribution < -0.4 is 5.43 Å². The molecule has 0 fully saturated rings. The van der Waals surface area contributed by atoms with Crippen LogP contribution in [-0.4, -0.2) is 27.4 Å². The van der Waals surface area contributed by atoms with Gasteiger partial charge in [0.05, 0.1) is 23.0 Å². The molecule has 0 spiro atoms. The maximum atomic E-state index is 12.1. The first kappa shape index (κ1) is 19.2. The van der Waals surface area contributed by atoms with E-state index in [1.807, 2.05) is 36.4 Å². The molecule has 0 aliphatic heterocycles. The van der Waals surface area contributed by atoms with Gasteiger partial charge in [-0.05, 0) is 36.1 Å². The van der Waals surface area contributed by atoms with E-state index in [4.69, 9.17) is 0 Å². The molecule has 3 aromatic rings. The number of para-hydroxylation sites is 2. The first-order valence-corrected chi connectivity index (χ1v) is 10.1. The zero-order chi connectivity index (χ0) is 19.2. The van der Waals surface area contributed by atoms with Gasteiger partial charge >= 0.3 is 0 Å². The van der Waals surface area contributed by atoms with Crippen molar-refractivity contribution in [2.75, 3.05) is 5.75 Å². The molecule has 0 radical (unpaired) electrons. The Kier molecular flexibility index (Phi) is 6.29. The number of thioether (sulfide) groups is 1. The number of fused-ring (bicyclic) bond motifs is 1. The summed E-state index contributed by atoms with van der Waals surface area (Å²) in [6.07, 6.45) is 1.66. The molecular weight excluding hydrogens is 356 g/mol. The quantitative estimate of drug-likeness (QED) is 0.375. The first-order valence-electron chi connectivity index (χ1n) is 9.08. The Bertz CT molecular complexity index is 944. The summed E-state index contributed by atoms with van der Waals surface area (Å²) in [7, 11) is 0. The molecular formula is C21H24N4OS. The van der Waals surface area contributed by atoms with Gasteiger partial charge in [-0.15, -0.1) is 0 Å². The summed E-state index contributed by atoms with van der Waals surface area (Å²) in [6.45, 7) is 7.21. The van der Waals surface area contributed by atoms with Crippen molar-refractivity contribution in [2.24, 2.45) is 5.10 Å². The van der Waals surface area contributed by atoms with Gasteiger partial charge in [0.1, 0.15) is 0 Å². The molecule has 3 rings (SSSR count). The van der Waals surface area contributed by atoms with Crippen LogP contribution in [0.25, 0.3) is 11.0 Å². The zero-order valence-electron chi connectivity index (χ0n) is 15.8. The maximum Gasteiger partial charge on any atom is 0.250 e. The van der Waals surface area contributed by atoms with E-state index in [-0.39, 0.29) is 11.7 Å². The van der Waals surface area contributed by atoms with E-state index in [1.54, 1.807) is 6.21 Å². The average molecular weight is 381 g/mol. The van der Waals surface area contributed by atoms with Gasteiger partial charge in [-0.3, -0.25) is 4.79 Å². The molecule has 140 valence electrons. The molecule has 0 saturated carbocycles. The molecule has 5 nitrogen and oxygen atoms in total. The molecule has 1 N–H and O–H groups in total. The van der Waals surface area contributed by atoms with E-state index in [1.165, 1.54) is 17.3 Å². The molecule has 1 aromatic heterocycles. The minimum absolute atomic E-state index is 0.148. The third-order valence-corrected chi connectivity index (χ3v) is 5.25. The summed E-state index contributed by atoms with van der Waals surface area (Å²) >= 11 is 1.42. The first-order chi connectivity index (χ1) is 13.1. The highest BCUT2D eigenvalue weighted by atomic mass is 32.2. The number of nitrogens with zero attached hydrogens (tertiary/aromatic N) is 3. The smallest absolute Gasteiger partial charge is 0.250 e. The maximum absolute atomic E-state index is 12.1. The average Bonchev–Trinajstić information content (AvgIpc) is 3.04. The van der Waals surface area contributed by atoms with Crippen molar-refractivity contribution in [1.82, 2.24) is 15.0 Å². The number of carbonyl (C=O) groups is 1. The van der Waals surface area contributed by atoms with Crippen LogP contribution >= 0.6 is 11.8 Å². The Labute approximate surface area is 163 Å². The second-order valence-corrected chi connectivity index (χ2v) is 7.47. The molecule has 0 aliphatic carbocycles. The Morgan fingerprint density at radius 2 is 1.96 bits per heavy atom. The number of carbonyl (C=O) groups excluding carboxylic acids is 1. The lowest BCUT2D eigenvalue weighted by atomic mass is 10.0. The topological polar surface area (TPSA) is 59.3 Å². The summed E-state index contributed by atoms with van der Waals surface area (Å²) in [5.74, 6) is 0.622. The molecule has 0 aliphatic rings. The van der Waals surface area contributed by atoms with E-state index >= 15 is 0 Å². The Hall–Kier alpha value is -2.60. The lowest BCUT2D eigenvalue weighted by molar-refractivity contribution is -0.118. The van der Waals surface area contributed by atoms with Gasteiger partial charge in [0, 0.05) is 6.54 Å². The molecule has 0 unspecified atom stereocenters. The van der Waals surface area contributed by atoms with E-state index in [9.17, 15) is 4.79 Å². The number of hydrazone groups is 1. The highest BCUT2D eigenvalue weighted by Crippen LogP contribution is 2.23.